The predicted molar refractivity (Wildman–Crippen MR) is 123 cm³/mol. The molecule has 0 bridgehead atoms. The Morgan fingerprint density at radius 3 is 2.50 bits per heavy atom. The van der Waals surface area contributed by atoms with Crippen LogP contribution in [0.2, 0.25) is 0 Å². The van der Waals surface area contributed by atoms with Gasteiger partial charge in [0, 0.05) is 35.3 Å². The first kappa shape index (κ1) is 19.1. The fraction of sp³-hybridized carbons (Fsp3) is 0.125. The molecule has 7 nitrogen and oxygen atoms in total. The van der Waals surface area contributed by atoms with Gasteiger partial charge in [-0.3, -0.25) is 19.1 Å². The minimum absolute atomic E-state index is 0.257. The molecular formula is C24H18N4O3S. The first-order chi connectivity index (χ1) is 15.6. The van der Waals surface area contributed by atoms with E-state index in [0.29, 0.717) is 21.8 Å². The third-order valence-corrected chi connectivity index (χ3v) is 6.86. The van der Waals surface area contributed by atoms with Crippen molar-refractivity contribution in [2.75, 3.05) is 14.2 Å². The molecule has 0 spiro atoms. The molecule has 1 aliphatic heterocycles. The van der Waals surface area contributed by atoms with Crippen LogP contribution in [0.25, 0.3) is 32.8 Å². The van der Waals surface area contributed by atoms with E-state index in [1.807, 2.05) is 59.2 Å². The normalized spacial score (nSPS) is 13.8. The van der Waals surface area contributed by atoms with Crippen LogP contribution in [0, 0.1) is 0 Å². The summed E-state index contributed by atoms with van der Waals surface area (Å²) in [5, 5.41) is 2.34. The highest BCUT2D eigenvalue weighted by atomic mass is 32.2. The highest BCUT2D eigenvalue weighted by Crippen LogP contribution is 2.42. The van der Waals surface area contributed by atoms with E-state index in [1.165, 1.54) is 23.7 Å². The van der Waals surface area contributed by atoms with E-state index in [9.17, 15) is 9.59 Å². The number of aromatic nitrogens is 3. The van der Waals surface area contributed by atoms with Crippen LogP contribution in [0.4, 0.5) is 0 Å². The molecule has 0 saturated carbocycles. The highest BCUT2D eigenvalue weighted by molar-refractivity contribution is 7.99. The maximum absolute atomic E-state index is 13.2. The second kappa shape index (κ2) is 6.94. The number of nitrogens with one attached hydrogen (secondary N) is 1. The minimum Gasteiger partial charge on any atom is -0.364 e. The van der Waals surface area contributed by atoms with Gasteiger partial charge in [-0.25, -0.2) is 4.98 Å². The summed E-state index contributed by atoms with van der Waals surface area (Å²) in [5.41, 5.74) is 3.71. The molecule has 6 rings (SSSR count). The number of nitrogens with zero attached hydrogens (tertiary/aromatic N) is 3. The van der Waals surface area contributed by atoms with Gasteiger partial charge in [-0.05, 0) is 18.2 Å². The fourth-order valence-electron chi connectivity index (χ4n) is 4.45. The van der Waals surface area contributed by atoms with Crippen LogP contribution < -0.4 is 0 Å². The summed E-state index contributed by atoms with van der Waals surface area (Å²) in [4.78, 5) is 36.8. The van der Waals surface area contributed by atoms with Crippen molar-refractivity contribution >= 4 is 56.4 Å². The van der Waals surface area contributed by atoms with Gasteiger partial charge in [0.2, 0.25) is 0 Å². The number of carbonyl (C=O) groups is 2. The van der Waals surface area contributed by atoms with Gasteiger partial charge < -0.3 is 9.72 Å². The Kier molecular flexibility index (Phi) is 4.14. The van der Waals surface area contributed by atoms with Gasteiger partial charge >= 0.3 is 0 Å². The number of H-pyrrole nitrogens is 1. The maximum Gasteiger partial charge on any atom is 0.263 e. The minimum atomic E-state index is -0.333. The molecule has 1 N–H and O–H groups in total. The molecule has 0 radical (unpaired) electrons. The lowest BCUT2D eigenvalue weighted by atomic mass is 10.00. The number of carbonyl (C=O) groups excluding carboxylic acids is 2. The number of hydrogen-bond acceptors (Lipinski definition) is 5. The molecular weight excluding hydrogens is 424 g/mol. The topological polar surface area (TPSA) is 80.2 Å². The largest absolute Gasteiger partial charge is 0.364 e. The van der Waals surface area contributed by atoms with Crippen LogP contribution in [0.5, 0.6) is 0 Å². The number of methoxy groups -OCH3 is 1. The van der Waals surface area contributed by atoms with E-state index < -0.39 is 0 Å². The molecule has 0 saturated heterocycles. The van der Waals surface area contributed by atoms with Crippen molar-refractivity contribution in [1.82, 2.24) is 19.4 Å². The second-order valence-electron chi connectivity index (χ2n) is 7.69. The van der Waals surface area contributed by atoms with E-state index in [4.69, 9.17) is 9.72 Å². The molecule has 5 aromatic rings. The molecule has 0 atom stereocenters. The van der Waals surface area contributed by atoms with Crippen molar-refractivity contribution in [1.29, 1.82) is 0 Å². The zero-order chi connectivity index (χ0) is 22.0. The highest BCUT2D eigenvalue weighted by Gasteiger charge is 2.39. The Hall–Kier alpha value is -3.62. The average Bonchev–Trinajstić information content (AvgIpc) is 3.42. The van der Waals surface area contributed by atoms with E-state index in [1.54, 1.807) is 7.11 Å². The van der Waals surface area contributed by atoms with Crippen LogP contribution >= 0.6 is 11.8 Å². The van der Waals surface area contributed by atoms with Crippen molar-refractivity contribution in [2.45, 2.75) is 16.8 Å². The van der Waals surface area contributed by atoms with Gasteiger partial charge in [-0.15, -0.1) is 0 Å². The van der Waals surface area contributed by atoms with Crippen LogP contribution in [0.1, 0.15) is 20.7 Å². The SMILES string of the molecule is COCn1c(Sc2ccccc2)nc2c3c(c4c5ccccc5[nH]c4c21)C(=O)N(C)C3=O. The third kappa shape index (κ3) is 2.50. The van der Waals surface area contributed by atoms with Crippen molar-refractivity contribution in [3.8, 4) is 0 Å². The van der Waals surface area contributed by atoms with Crippen molar-refractivity contribution in [2.24, 2.45) is 0 Å². The monoisotopic (exact) mass is 442 g/mol. The lowest BCUT2D eigenvalue weighted by Gasteiger charge is -2.09. The zero-order valence-electron chi connectivity index (χ0n) is 17.4. The predicted octanol–water partition coefficient (Wildman–Crippen LogP) is 4.65. The number of hydrogen-bond donors (Lipinski definition) is 1. The van der Waals surface area contributed by atoms with Gasteiger partial charge in [0.05, 0.1) is 22.2 Å². The van der Waals surface area contributed by atoms with Crippen LogP contribution in [-0.4, -0.2) is 45.4 Å². The lowest BCUT2D eigenvalue weighted by molar-refractivity contribution is 0.0694. The smallest absolute Gasteiger partial charge is 0.263 e. The molecule has 8 heteroatoms. The van der Waals surface area contributed by atoms with Gasteiger partial charge in [0.25, 0.3) is 11.8 Å². The molecule has 0 aliphatic carbocycles. The number of fused-ring (bicyclic) bond motifs is 8. The number of imidazole rings is 1. The van der Waals surface area contributed by atoms with E-state index in [2.05, 4.69) is 4.98 Å². The Bertz CT molecular complexity index is 1570. The molecule has 158 valence electrons. The summed E-state index contributed by atoms with van der Waals surface area (Å²) in [5.74, 6) is -0.638. The molecule has 1 aliphatic rings. The summed E-state index contributed by atoms with van der Waals surface area (Å²) in [6.45, 7) is 0.257. The Balaban J connectivity index is 1.78. The van der Waals surface area contributed by atoms with Crippen LogP contribution in [0.15, 0.2) is 64.6 Å². The molecule has 2 amide bonds. The second-order valence-corrected chi connectivity index (χ2v) is 8.73. The fourth-order valence-corrected chi connectivity index (χ4v) is 5.35. The number of aromatic amines is 1. The molecule has 0 fully saturated rings. The van der Waals surface area contributed by atoms with Gasteiger partial charge in [-0.2, -0.15) is 0 Å². The summed E-state index contributed by atoms with van der Waals surface area (Å²) in [6, 6.07) is 17.7. The van der Waals surface area contributed by atoms with Crippen molar-refractivity contribution in [3.05, 3.63) is 65.7 Å². The molecule has 0 unspecified atom stereocenters. The Morgan fingerprint density at radius 1 is 1.00 bits per heavy atom. The van der Waals surface area contributed by atoms with Gasteiger partial charge in [-0.1, -0.05) is 48.2 Å². The lowest BCUT2D eigenvalue weighted by Crippen LogP contribution is -2.24. The molecule has 3 aromatic carbocycles. The zero-order valence-corrected chi connectivity index (χ0v) is 18.2. The summed E-state index contributed by atoms with van der Waals surface area (Å²) < 4.78 is 7.48. The number of para-hydroxylation sites is 1. The van der Waals surface area contributed by atoms with E-state index >= 15 is 0 Å². The summed E-state index contributed by atoms with van der Waals surface area (Å²) in [7, 11) is 3.14. The first-order valence-electron chi connectivity index (χ1n) is 10.1. The van der Waals surface area contributed by atoms with Crippen LogP contribution in [0.3, 0.4) is 0 Å². The number of rotatable bonds is 4. The van der Waals surface area contributed by atoms with Gasteiger partial charge in [0.15, 0.2) is 5.16 Å². The standard InChI is InChI=1S/C24H18N4O3S/c1-27-22(29)17-16-14-10-6-7-11-15(14)25-19(16)21-20(18(17)23(27)30)26-24(28(21)12-31-2)32-13-8-4-3-5-9-13/h3-11,25H,12H2,1-2H3. The van der Waals surface area contributed by atoms with Crippen molar-refractivity contribution in [3.63, 3.8) is 0 Å². The summed E-state index contributed by atoms with van der Waals surface area (Å²) >= 11 is 1.49. The number of benzene rings is 3. The third-order valence-electron chi connectivity index (χ3n) is 5.86. The summed E-state index contributed by atoms with van der Waals surface area (Å²) in [6.07, 6.45) is 0. The quantitative estimate of drug-likeness (QED) is 0.410. The maximum atomic E-state index is 13.2. The average molecular weight is 443 g/mol. The molecule has 3 heterocycles. The number of amides is 2. The Morgan fingerprint density at radius 2 is 1.72 bits per heavy atom. The number of ether oxygens (including phenoxy) is 1. The molecule has 2 aromatic heterocycles. The molecule has 32 heavy (non-hydrogen) atoms. The first-order valence-corrected chi connectivity index (χ1v) is 10.9. The van der Waals surface area contributed by atoms with E-state index in [-0.39, 0.29) is 18.5 Å². The van der Waals surface area contributed by atoms with Crippen molar-refractivity contribution < 1.29 is 14.3 Å². The Labute approximate surface area is 187 Å². The van der Waals surface area contributed by atoms with Gasteiger partial charge in [0.1, 0.15) is 12.2 Å². The van der Waals surface area contributed by atoms with Crippen LogP contribution in [-0.2, 0) is 11.5 Å². The van der Waals surface area contributed by atoms with E-state index in [0.717, 1.165) is 32.2 Å². The number of imide groups is 1.